The first-order chi connectivity index (χ1) is 15.7. The number of hydrogen-bond donors (Lipinski definition) is 3. The Morgan fingerprint density at radius 3 is 2.58 bits per heavy atom. The quantitative estimate of drug-likeness (QED) is 0.214. The zero-order valence-corrected chi connectivity index (χ0v) is 22.5. The molecule has 1 aromatic rings. The highest BCUT2D eigenvalue weighted by atomic mass is 127. The molecular weight excluding hydrogens is 531 g/mol. The van der Waals surface area contributed by atoms with Crippen LogP contribution in [-0.4, -0.2) is 81.2 Å². The van der Waals surface area contributed by atoms with Crippen molar-refractivity contribution < 1.29 is 14.6 Å². The van der Waals surface area contributed by atoms with E-state index >= 15 is 0 Å². The molecule has 3 N–H and O–H groups in total. The number of aliphatic hydroxyl groups excluding tert-OH is 1. The van der Waals surface area contributed by atoms with Gasteiger partial charge in [-0.25, -0.2) is 0 Å². The molecule has 8 heteroatoms. The molecule has 1 aliphatic carbocycles. The van der Waals surface area contributed by atoms with Gasteiger partial charge in [0.25, 0.3) is 0 Å². The summed E-state index contributed by atoms with van der Waals surface area (Å²) in [7, 11) is 0. The van der Waals surface area contributed by atoms with Gasteiger partial charge >= 0.3 is 0 Å². The van der Waals surface area contributed by atoms with E-state index in [1.165, 1.54) is 32.1 Å². The van der Waals surface area contributed by atoms with Crippen LogP contribution in [0.1, 0.15) is 44.6 Å². The topological polar surface area (TPSA) is 78.4 Å². The number of morpholine rings is 1. The highest BCUT2D eigenvalue weighted by molar-refractivity contribution is 14.0. The molecule has 0 amide bonds. The van der Waals surface area contributed by atoms with Crippen LogP contribution in [0.3, 0.4) is 0 Å². The van der Waals surface area contributed by atoms with Crippen molar-refractivity contribution in [3.05, 3.63) is 35.9 Å². The van der Waals surface area contributed by atoms with Crippen molar-refractivity contribution in [1.29, 1.82) is 0 Å². The Kier molecular flexibility index (Phi) is 13.6. The maximum Gasteiger partial charge on any atom is 0.191 e. The van der Waals surface area contributed by atoms with E-state index in [4.69, 9.17) is 14.5 Å². The van der Waals surface area contributed by atoms with Crippen molar-refractivity contribution in [3.8, 4) is 0 Å². The molecule has 1 aliphatic heterocycles. The lowest BCUT2D eigenvalue weighted by atomic mass is 9.73. The van der Waals surface area contributed by atoms with Crippen molar-refractivity contribution in [2.24, 2.45) is 10.4 Å². The molecule has 1 unspecified atom stereocenters. The first kappa shape index (κ1) is 28.3. The van der Waals surface area contributed by atoms with Gasteiger partial charge in [-0.15, -0.1) is 24.0 Å². The summed E-state index contributed by atoms with van der Waals surface area (Å²) in [6.07, 6.45) is 5.82. The van der Waals surface area contributed by atoms with Crippen LogP contribution in [-0.2, 0) is 16.1 Å². The number of ether oxygens (including phenoxy) is 2. The number of halogens is 1. The Balaban J connectivity index is 0.00000385. The highest BCUT2D eigenvalue weighted by Crippen LogP contribution is 2.37. The van der Waals surface area contributed by atoms with Gasteiger partial charge in [-0.2, -0.15) is 0 Å². The Labute approximate surface area is 216 Å². The summed E-state index contributed by atoms with van der Waals surface area (Å²) in [5.74, 6) is 0.779. The Morgan fingerprint density at radius 1 is 1.15 bits per heavy atom. The summed E-state index contributed by atoms with van der Waals surface area (Å²) < 4.78 is 11.2. The fraction of sp³-hybridized carbons (Fsp3) is 0.720. The van der Waals surface area contributed by atoms with Gasteiger partial charge in [0.1, 0.15) is 0 Å². The summed E-state index contributed by atoms with van der Waals surface area (Å²) in [5.41, 5.74) is 1.36. The molecular formula is C25H43IN4O3. The van der Waals surface area contributed by atoms with Gasteiger partial charge in [0, 0.05) is 44.7 Å². The SMILES string of the molecule is CCNC(=NCC1(CN2CCOCC2)CCCCC1)NCC(O)COCc1ccccc1.I. The van der Waals surface area contributed by atoms with Crippen LogP contribution >= 0.6 is 24.0 Å². The molecule has 2 fully saturated rings. The van der Waals surface area contributed by atoms with E-state index in [2.05, 4.69) is 22.5 Å². The molecule has 0 aromatic heterocycles. The van der Waals surface area contributed by atoms with Gasteiger partial charge < -0.3 is 25.2 Å². The summed E-state index contributed by atoms with van der Waals surface area (Å²) in [5, 5.41) is 17.0. The van der Waals surface area contributed by atoms with E-state index in [1.807, 2.05) is 30.3 Å². The summed E-state index contributed by atoms with van der Waals surface area (Å²) in [6.45, 7) is 9.74. The molecule has 1 saturated heterocycles. The zero-order valence-electron chi connectivity index (χ0n) is 20.1. The molecule has 188 valence electrons. The molecule has 1 aromatic carbocycles. The molecule has 1 saturated carbocycles. The number of nitrogens with one attached hydrogen (secondary N) is 2. The molecule has 33 heavy (non-hydrogen) atoms. The summed E-state index contributed by atoms with van der Waals surface area (Å²) in [6, 6.07) is 10.0. The third-order valence-corrected chi connectivity index (χ3v) is 6.42. The minimum absolute atomic E-state index is 0. The second-order valence-electron chi connectivity index (χ2n) is 9.18. The van der Waals surface area contributed by atoms with Crippen LogP contribution in [0.15, 0.2) is 35.3 Å². The van der Waals surface area contributed by atoms with Crippen molar-refractivity contribution in [2.45, 2.75) is 51.7 Å². The molecule has 0 radical (unpaired) electrons. The second-order valence-corrected chi connectivity index (χ2v) is 9.18. The van der Waals surface area contributed by atoms with E-state index in [-0.39, 0.29) is 29.4 Å². The standard InChI is InChI=1S/C25H42N4O3.HI/c1-2-26-24(27-17-23(30)19-32-18-22-9-5-3-6-10-22)28-20-25(11-7-4-8-12-25)21-29-13-15-31-16-14-29;/h3,5-6,9-10,23,30H,2,4,7-8,11-21H2,1H3,(H2,26,27,28);1H. The van der Waals surface area contributed by atoms with E-state index < -0.39 is 6.10 Å². The summed E-state index contributed by atoms with van der Waals surface area (Å²) >= 11 is 0. The second kappa shape index (κ2) is 15.9. The van der Waals surface area contributed by atoms with Crippen LogP contribution in [0, 0.1) is 5.41 Å². The van der Waals surface area contributed by atoms with Crippen molar-refractivity contribution in [2.75, 3.05) is 59.1 Å². The van der Waals surface area contributed by atoms with Crippen LogP contribution < -0.4 is 10.6 Å². The normalized spacial score (nSPS) is 20.0. The number of guanidine groups is 1. The van der Waals surface area contributed by atoms with E-state index in [0.29, 0.717) is 19.8 Å². The third kappa shape index (κ3) is 10.5. The number of rotatable bonds is 11. The molecule has 2 aliphatic rings. The van der Waals surface area contributed by atoms with E-state index in [9.17, 15) is 5.11 Å². The first-order valence-corrected chi connectivity index (χ1v) is 12.3. The number of aliphatic imine (C=N–C) groups is 1. The lowest BCUT2D eigenvalue weighted by Gasteiger charge is -2.41. The van der Waals surface area contributed by atoms with Crippen LogP contribution in [0.25, 0.3) is 0 Å². The van der Waals surface area contributed by atoms with Gasteiger partial charge in [0.05, 0.1) is 32.5 Å². The largest absolute Gasteiger partial charge is 0.389 e. The molecule has 3 rings (SSSR count). The smallest absolute Gasteiger partial charge is 0.191 e. The Morgan fingerprint density at radius 2 is 1.88 bits per heavy atom. The van der Waals surface area contributed by atoms with Gasteiger partial charge in [-0.05, 0) is 25.3 Å². The van der Waals surface area contributed by atoms with Crippen molar-refractivity contribution >= 4 is 29.9 Å². The number of hydrogen-bond acceptors (Lipinski definition) is 5. The van der Waals surface area contributed by atoms with Gasteiger partial charge in [0.2, 0.25) is 0 Å². The van der Waals surface area contributed by atoms with Crippen LogP contribution in [0.5, 0.6) is 0 Å². The van der Waals surface area contributed by atoms with Gasteiger partial charge in [-0.1, -0.05) is 49.6 Å². The predicted octanol–water partition coefficient (Wildman–Crippen LogP) is 3.02. The number of nitrogens with zero attached hydrogens (tertiary/aromatic N) is 2. The van der Waals surface area contributed by atoms with E-state index in [0.717, 1.165) is 57.5 Å². The lowest BCUT2D eigenvalue weighted by Crippen LogP contribution is -2.47. The number of aliphatic hydroxyl groups is 1. The maximum atomic E-state index is 10.3. The molecule has 1 atom stereocenters. The van der Waals surface area contributed by atoms with Crippen LogP contribution in [0.4, 0.5) is 0 Å². The minimum atomic E-state index is -0.584. The summed E-state index contributed by atoms with van der Waals surface area (Å²) in [4.78, 5) is 7.51. The first-order valence-electron chi connectivity index (χ1n) is 12.3. The lowest BCUT2D eigenvalue weighted by molar-refractivity contribution is 0.00936. The third-order valence-electron chi connectivity index (χ3n) is 6.42. The Bertz CT molecular complexity index is 665. The maximum absolute atomic E-state index is 10.3. The number of benzene rings is 1. The fourth-order valence-corrected chi connectivity index (χ4v) is 4.65. The fourth-order valence-electron chi connectivity index (χ4n) is 4.65. The highest BCUT2D eigenvalue weighted by Gasteiger charge is 2.34. The monoisotopic (exact) mass is 574 g/mol. The van der Waals surface area contributed by atoms with Crippen molar-refractivity contribution in [3.63, 3.8) is 0 Å². The molecule has 1 heterocycles. The van der Waals surface area contributed by atoms with Crippen molar-refractivity contribution in [1.82, 2.24) is 15.5 Å². The van der Waals surface area contributed by atoms with Gasteiger partial charge in [-0.3, -0.25) is 9.89 Å². The zero-order chi connectivity index (χ0) is 22.5. The minimum Gasteiger partial charge on any atom is -0.389 e. The molecule has 0 spiro atoms. The van der Waals surface area contributed by atoms with Crippen LogP contribution in [0.2, 0.25) is 0 Å². The predicted molar refractivity (Wildman–Crippen MR) is 144 cm³/mol. The van der Waals surface area contributed by atoms with Gasteiger partial charge in [0.15, 0.2) is 5.96 Å². The van der Waals surface area contributed by atoms with E-state index in [1.54, 1.807) is 0 Å². The molecule has 0 bridgehead atoms. The average molecular weight is 575 g/mol. The molecule has 7 nitrogen and oxygen atoms in total. The average Bonchev–Trinajstić information content (AvgIpc) is 2.83. The Hall–Kier alpha value is -0.940.